The summed E-state index contributed by atoms with van der Waals surface area (Å²) in [6.07, 6.45) is -3.31. The van der Waals surface area contributed by atoms with Crippen LogP contribution in [0.1, 0.15) is 13.8 Å². The maximum atomic E-state index is 10.9. The fourth-order valence-electron chi connectivity index (χ4n) is 0.787. The molecular formula is C12H29I6N6O7-. The van der Waals surface area contributed by atoms with Crippen LogP contribution >= 0.6 is 98.4 Å². The van der Waals surface area contributed by atoms with Gasteiger partial charge in [0.2, 0.25) is 0 Å². The van der Waals surface area contributed by atoms with E-state index in [4.69, 9.17) is 10.8 Å². The number of ether oxygens (including phenoxy) is 2. The van der Waals surface area contributed by atoms with Gasteiger partial charge in [-0.3, -0.25) is 4.79 Å². The van der Waals surface area contributed by atoms with Crippen molar-refractivity contribution in [1.29, 1.82) is 0 Å². The summed E-state index contributed by atoms with van der Waals surface area (Å²) in [6.45, 7) is 3.01. The predicted octanol–water partition coefficient (Wildman–Crippen LogP) is -1.40. The number of alkyl carbamates (subject to hydrolysis) is 2. The standard InChI is InChI=1S/C6H13N3O3.C5H9NO4.CH6N2.I3.I2.HI/c1-4(5(10)9-3-7)12-6(11)8-2;1-3(4(7)8)10-5(9)6-2;2-1-3;1-3-2;1-2;/h4H,3,7H2,1-2H3,(H,8,11)(H,9,10);3H,1-2H3,(H,6,9)(H,7,8);1-3H2;;;1H/q;;;-1;;. The van der Waals surface area contributed by atoms with E-state index in [1.165, 1.54) is 27.9 Å². The molecule has 0 aromatic heterocycles. The SMILES string of the molecule is CNC(=O)OC(C)C(=O)NCN.CNC(=O)OC(C)C(=O)O.I.II.I[I-]I.NCN. The number of carbonyl (C=O) groups is 4. The number of halogens is 6. The molecule has 10 N–H and O–H groups in total. The van der Waals surface area contributed by atoms with Gasteiger partial charge in [-0.25, -0.2) is 14.4 Å². The van der Waals surface area contributed by atoms with Gasteiger partial charge in [0.25, 0.3) is 5.91 Å². The molecule has 0 aliphatic rings. The van der Waals surface area contributed by atoms with E-state index in [2.05, 4.69) is 111 Å². The molecule has 0 aliphatic heterocycles. The van der Waals surface area contributed by atoms with Crippen LogP contribution in [0, 0.1) is 0 Å². The summed E-state index contributed by atoms with van der Waals surface area (Å²) >= 11 is 9.54. The minimum Gasteiger partial charge on any atom is -0.319 e. The van der Waals surface area contributed by atoms with E-state index in [1.807, 2.05) is 0 Å². The number of hydrogen-bond acceptors (Lipinski definition) is 9. The van der Waals surface area contributed by atoms with E-state index < -0.39 is 36.3 Å². The minimum absolute atomic E-state index is 0. The molecule has 0 rings (SSSR count). The first-order chi connectivity index (χ1) is 14.0. The average Bonchev–Trinajstić information content (AvgIpc) is 2.70. The average molecular weight is 1130 g/mol. The van der Waals surface area contributed by atoms with Gasteiger partial charge in [-0.1, -0.05) is 0 Å². The normalized spacial score (nSPS) is 9.77. The summed E-state index contributed by atoms with van der Waals surface area (Å²) in [5.74, 6) is -1.58. The predicted molar refractivity (Wildman–Crippen MR) is 160 cm³/mol. The quantitative estimate of drug-likeness (QED) is 0.126. The molecular weight excluding hydrogens is 1100 g/mol. The molecule has 19 heteroatoms. The van der Waals surface area contributed by atoms with E-state index in [9.17, 15) is 19.2 Å². The van der Waals surface area contributed by atoms with Gasteiger partial charge in [0.15, 0.2) is 12.2 Å². The third-order valence-corrected chi connectivity index (χ3v) is 1.97. The second-order valence-corrected chi connectivity index (χ2v) is 20.2. The summed E-state index contributed by atoms with van der Waals surface area (Å²) in [5, 5.41) is 14.9. The Morgan fingerprint density at radius 1 is 0.935 bits per heavy atom. The van der Waals surface area contributed by atoms with Crippen LogP contribution in [0.15, 0.2) is 0 Å². The van der Waals surface area contributed by atoms with Gasteiger partial charge in [-0.2, -0.15) is 0 Å². The van der Waals surface area contributed by atoms with Crippen molar-refractivity contribution in [2.45, 2.75) is 26.1 Å². The van der Waals surface area contributed by atoms with Gasteiger partial charge in [-0.05, 0) is 13.8 Å². The summed E-state index contributed by atoms with van der Waals surface area (Å²) in [5.41, 5.74) is 14.3. The molecule has 2 unspecified atom stereocenters. The van der Waals surface area contributed by atoms with E-state index in [1.54, 1.807) is 0 Å². The number of nitrogens with two attached hydrogens (primary N) is 3. The molecule has 3 amide bonds. The van der Waals surface area contributed by atoms with Crippen molar-refractivity contribution in [3.63, 3.8) is 0 Å². The third-order valence-electron chi connectivity index (χ3n) is 1.97. The van der Waals surface area contributed by atoms with Crippen molar-refractivity contribution in [2.75, 3.05) is 27.4 Å². The van der Waals surface area contributed by atoms with Crippen LogP contribution in [-0.2, 0) is 19.1 Å². The second-order valence-electron chi connectivity index (χ2n) is 3.97. The van der Waals surface area contributed by atoms with Crippen molar-refractivity contribution >= 4 is 123 Å². The van der Waals surface area contributed by atoms with Gasteiger partial charge < -0.3 is 47.7 Å². The maximum absolute atomic E-state index is 10.9. The van der Waals surface area contributed by atoms with Crippen LogP contribution in [0.25, 0.3) is 0 Å². The number of nitrogens with one attached hydrogen (secondary N) is 3. The van der Waals surface area contributed by atoms with Gasteiger partial charge in [0, 0.05) is 58.0 Å². The first-order valence-electron chi connectivity index (χ1n) is 7.41. The van der Waals surface area contributed by atoms with E-state index in [-0.39, 0.29) is 37.3 Å². The topological polar surface area (TPSA) is 221 Å². The monoisotopic (exact) mass is 1130 g/mol. The number of carbonyl (C=O) groups excluding carboxylic acids is 3. The number of aliphatic carboxylic acids is 1. The summed E-state index contributed by atoms with van der Waals surface area (Å²) in [7, 11) is 2.77. The third kappa shape index (κ3) is 45.9. The first-order valence-corrected chi connectivity index (χ1v) is 26.3. The molecule has 0 saturated heterocycles. The van der Waals surface area contributed by atoms with Crippen LogP contribution in [0.2, 0.25) is 0 Å². The molecule has 0 aliphatic carbocycles. The Kier molecular flexibility index (Phi) is 58.0. The van der Waals surface area contributed by atoms with Gasteiger partial charge in [0.1, 0.15) is 0 Å². The van der Waals surface area contributed by atoms with E-state index >= 15 is 0 Å². The summed E-state index contributed by atoms with van der Waals surface area (Å²) in [6, 6.07) is 0. The van der Waals surface area contributed by atoms with Crippen LogP contribution in [0.4, 0.5) is 9.59 Å². The van der Waals surface area contributed by atoms with Crippen LogP contribution in [0.3, 0.4) is 0 Å². The van der Waals surface area contributed by atoms with Crippen LogP contribution in [-0.4, -0.2) is 68.8 Å². The van der Waals surface area contributed by atoms with E-state index in [0.717, 1.165) is 0 Å². The number of amides is 3. The molecule has 0 spiro atoms. The van der Waals surface area contributed by atoms with Crippen molar-refractivity contribution in [2.24, 2.45) is 17.2 Å². The molecule has 0 aromatic carbocycles. The molecule has 31 heavy (non-hydrogen) atoms. The number of hydrogen-bond donors (Lipinski definition) is 7. The zero-order valence-corrected chi connectivity index (χ0v) is 30.1. The van der Waals surface area contributed by atoms with Crippen LogP contribution < -0.4 is 46.4 Å². The molecule has 0 aromatic rings. The van der Waals surface area contributed by atoms with Crippen molar-refractivity contribution < 1.29 is 47.0 Å². The zero-order valence-electron chi connectivity index (χ0n) is 17.0. The Bertz CT molecular complexity index is 441. The number of rotatable bonds is 5. The zero-order chi connectivity index (χ0) is 25.1. The maximum Gasteiger partial charge on any atom is 0.0403 e. The number of carboxylic acid groups (broad SMARTS) is 1. The Morgan fingerprint density at radius 3 is 1.45 bits per heavy atom. The molecule has 0 fully saturated rings. The molecule has 0 radical (unpaired) electrons. The summed E-state index contributed by atoms with van der Waals surface area (Å²) < 4.78 is 8.91. The first kappa shape index (κ1) is 46.1. The molecule has 13 nitrogen and oxygen atoms in total. The fraction of sp³-hybridized carbons (Fsp3) is 0.667. The number of carboxylic acids is 1. The molecule has 2 atom stereocenters. The summed E-state index contributed by atoms with van der Waals surface area (Å²) in [4.78, 5) is 41.9. The molecule has 192 valence electrons. The van der Waals surface area contributed by atoms with Crippen molar-refractivity contribution in [3.8, 4) is 0 Å². The molecule has 0 bridgehead atoms. The Hall–Kier alpha value is 1.74. The molecule has 0 heterocycles. The minimum atomic E-state index is -1.16. The van der Waals surface area contributed by atoms with E-state index in [0.29, 0.717) is 13.3 Å². The van der Waals surface area contributed by atoms with Crippen molar-refractivity contribution in [1.82, 2.24) is 16.0 Å². The van der Waals surface area contributed by atoms with Crippen molar-refractivity contribution in [3.05, 3.63) is 0 Å². The smallest absolute Gasteiger partial charge is 0.0403 e. The fourth-order valence-corrected chi connectivity index (χ4v) is 0.787. The Labute approximate surface area is 252 Å². The second kappa shape index (κ2) is 39.0. The van der Waals surface area contributed by atoms with Gasteiger partial charge in [-0.15, -0.1) is 24.0 Å². The molecule has 0 saturated carbocycles. The van der Waals surface area contributed by atoms with Gasteiger partial charge in [0.05, 0.1) is 6.67 Å². The van der Waals surface area contributed by atoms with Gasteiger partial charge >= 0.3 is 68.6 Å². The Morgan fingerprint density at radius 2 is 1.23 bits per heavy atom. The van der Waals surface area contributed by atoms with Crippen LogP contribution in [0.5, 0.6) is 0 Å². The Balaban J connectivity index is -0.0000000741. The largest absolute Gasteiger partial charge is 0.319 e.